The van der Waals surface area contributed by atoms with E-state index in [1.807, 2.05) is 59.2 Å². The molecule has 6 heteroatoms. The minimum absolute atomic E-state index is 0.197. The summed E-state index contributed by atoms with van der Waals surface area (Å²) in [4.78, 5) is 24.5. The van der Waals surface area contributed by atoms with Crippen molar-refractivity contribution < 1.29 is 4.74 Å². The zero-order valence-electron chi connectivity index (χ0n) is 15.8. The van der Waals surface area contributed by atoms with E-state index < -0.39 is 0 Å². The zero-order valence-corrected chi connectivity index (χ0v) is 15.8. The number of rotatable bonds is 7. The molecule has 0 aliphatic rings. The Hall–Kier alpha value is -3.41. The maximum absolute atomic E-state index is 12.7. The standard InChI is InChI=1S/C22H22N4O2/c1-2-3-13-28-18-11-9-17(10-12-18)20-24-21-19(22(27)25-20)26(15-23-21)14-16-7-5-4-6-8-16/h4-12,15H,2-3,13-14H2,1H3,(H,24,25,27). The SMILES string of the molecule is CCCCOc1ccc(-c2nc3ncn(Cc4ccccc4)c3c(=O)[nH]2)cc1. The van der Waals surface area contributed by atoms with Gasteiger partial charge in [-0.1, -0.05) is 43.7 Å². The summed E-state index contributed by atoms with van der Waals surface area (Å²) < 4.78 is 7.51. The topological polar surface area (TPSA) is 72.8 Å². The van der Waals surface area contributed by atoms with E-state index in [1.54, 1.807) is 6.33 Å². The molecule has 0 saturated carbocycles. The fourth-order valence-electron chi connectivity index (χ4n) is 3.07. The molecule has 0 aliphatic heterocycles. The van der Waals surface area contributed by atoms with Gasteiger partial charge in [0.05, 0.1) is 12.9 Å². The van der Waals surface area contributed by atoms with Crippen molar-refractivity contribution >= 4 is 11.2 Å². The molecule has 142 valence electrons. The molecule has 4 aromatic rings. The highest BCUT2D eigenvalue weighted by Gasteiger charge is 2.12. The number of imidazole rings is 1. The second-order valence-corrected chi connectivity index (χ2v) is 6.67. The summed E-state index contributed by atoms with van der Waals surface area (Å²) in [5, 5.41) is 0. The number of aromatic nitrogens is 4. The van der Waals surface area contributed by atoms with Crippen LogP contribution in [-0.4, -0.2) is 26.1 Å². The molecule has 0 atom stereocenters. The van der Waals surface area contributed by atoms with E-state index in [9.17, 15) is 4.79 Å². The summed E-state index contributed by atoms with van der Waals surface area (Å²) in [6.45, 7) is 3.41. The summed E-state index contributed by atoms with van der Waals surface area (Å²) in [5.74, 6) is 1.32. The third kappa shape index (κ3) is 3.81. The predicted octanol–water partition coefficient (Wildman–Crippen LogP) is 4.01. The summed E-state index contributed by atoms with van der Waals surface area (Å²) in [7, 11) is 0. The van der Waals surface area contributed by atoms with Crippen LogP contribution in [0.25, 0.3) is 22.6 Å². The van der Waals surface area contributed by atoms with Gasteiger partial charge in [-0.25, -0.2) is 9.97 Å². The first-order valence-corrected chi connectivity index (χ1v) is 9.47. The van der Waals surface area contributed by atoms with Crippen molar-refractivity contribution in [2.24, 2.45) is 0 Å². The first kappa shape index (κ1) is 18.0. The van der Waals surface area contributed by atoms with Gasteiger partial charge in [0.25, 0.3) is 5.56 Å². The Balaban J connectivity index is 1.60. The van der Waals surface area contributed by atoms with Crippen molar-refractivity contribution in [2.45, 2.75) is 26.3 Å². The lowest BCUT2D eigenvalue weighted by Crippen LogP contribution is -2.13. The second-order valence-electron chi connectivity index (χ2n) is 6.67. The van der Waals surface area contributed by atoms with Gasteiger partial charge in [0.1, 0.15) is 11.6 Å². The van der Waals surface area contributed by atoms with Crippen LogP contribution in [0.2, 0.25) is 0 Å². The number of hydrogen-bond acceptors (Lipinski definition) is 4. The Bertz CT molecular complexity index is 1110. The number of aromatic amines is 1. The molecule has 0 fully saturated rings. The van der Waals surface area contributed by atoms with Gasteiger partial charge in [-0.2, -0.15) is 0 Å². The van der Waals surface area contributed by atoms with E-state index in [4.69, 9.17) is 4.74 Å². The molecule has 0 radical (unpaired) electrons. The summed E-state index contributed by atoms with van der Waals surface area (Å²) in [6, 6.07) is 17.5. The van der Waals surface area contributed by atoms with Gasteiger partial charge in [-0.3, -0.25) is 4.79 Å². The average molecular weight is 374 g/mol. The van der Waals surface area contributed by atoms with E-state index in [0.29, 0.717) is 30.1 Å². The fourth-order valence-corrected chi connectivity index (χ4v) is 3.07. The van der Waals surface area contributed by atoms with Crippen LogP contribution >= 0.6 is 0 Å². The summed E-state index contributed by atoms with van der Waals surface area (Å²) >= 11 is 0. The minimum atomic E-state index is -0.197. The summed E-state index contributed by atoms with van der Waals surface area (Å²) in [6.07, 6.45) is 3.79. The molecule has 0 saturated heterocycles. The van der Waals surface area contributed by atoms with Crippen LogP contribution < -0.4 is 10.3 Å². The van der Waals surface area contributed by atoms with Gasteiger partial charge in [-0.15, -0.1) is 0 Å². The van der Waals surface area contributed by atoms with Crippen molar-refractivity contribution in [1.82, 2.24) is 19.5 Å². The molecule has 2 aromatic carbocycles. The lowest BCUT2D eigenvalue weighted by Gasteiger charge is -2.07. The number of unbranched alkanes of at least 4 members (excludes halogenated alkanes) is 1. The smallest absolute Gasteiger partial charge is 0.277 e. The van der Waals surface area contributed by atoms with Crippen LogP contribution in [0.15, 0.2) is 65.7 Å². The van der Waals surface area contributed by atoms with Gasteiger partial charge in [0, 0.05) is 12.1 Å². The maximum Gasteiger partial charge on any atom is 0.277 e. The third-order valence-electron chi connectivity index (χ3n) is 4.57. The molecule has 2 heterocycles. The third-order valence-corrected chi connectivity index (χ3v) is 4.57. The number of fused-ring (bicyclic) bond motifs is 1. The maximum atomic E-state index is 12.7. The molecule has 0 amide bonds. The molecule has 0 bridgehead atoms. The Labute approximate surface area is 162 Å². The molecular formula is C22H22N4O2. The van der Waals surface area contributed by atoms with Gasteiger partial charge in [-0.05, 0) is 36.2 Å². The summed E-state index contributed by atoms with van der Waals surface area (Å²) in [5.41, 5.74) is 2.64. The number of ether oxygens (including phenoxy) is 1. The number of H-pyrrole nitrogens is 1. The van der Waals surface area contributed by atoms with E-state index in [1.165, 1.54) is 0 Å². The van der Waals surface area contributed by atoms with Crippen LogP contribution in [0.5, 0.6) is 5.75 Å². The van der Waals surface area contributed by atoms with Crippen molar-refractivity contribution in [3.63, 3.8) is 0 Å². The normalized spacial score (nSPS) is 11.0. The molecule has 0 spiro atoms. The van der Waals surface area contributed by atoms with Crippen molar-refractivity contribution in [3.8, 4) is 17.1 Å². The molecule has 1 N–H and O–H groups in total. The quantitative estimate of drug-likeness (QED) is 0.496. The highest BCUT2D eigenvalue weighted by atomic mass is 16.5. The van der Waals surface area contributed by atoms with E-state index in [0.717, 1.165) is 29.7 Å². The number of nitrogens with one attached hydrogen (secondary N) is 1. The van der Waals surface area contributed by atoms with Crippen LogP contribution in [0.1, 0.15) is 25.3 Å². The minimum Gasteiger partial charge on any atom is -0.494 e. The zero-order chi connectivity index (χ0) is 19.3. The number of benzene rings is 2. The van der Waals surface area contributed by atoms with Crippen molar-refractivity contribution in [2.75, 3.05) is 6.61 Å². The fraction of sp³-hybridized carbons (Fsp3) is 0.227. The lowest BCUT2D eigenvalue weighted by molar-refractivity contribution is 0.309. The van der Waals surface area contributed by atoms with Gasteiger partial charge in [0.2, 0.25) is 0 Å². The molecular weight excluding hydrogens is 352 g/mol. The lowest BCUT2D eigenvalue weighted by atomic mass is 10.2. The molecule has 6 nitrogen and oxygen atoms in total. The molecule has 2 aromatic heterocycles. The largest absolute Gasteiger partial charge is 0.494 e. The van der Waals surface area contributed by atoms with Crippen molar-refractivity contribution in [1.29, 1.82) is 0 Å². The van der Waals surface area contributed by atoms with Crippen LogP contribution in [-0.2, 0) is 6.54 Å². The highest BCUT2D eigenvalue weighted by molar-refractivity contribution is 5.72. The van der Waals surface area contributed by atoms with Gasteiger partial charge >= 0.3 is 0 Å². The van der Waals surface area contributed by atoms with Gasteiger partial charge < -0.3 is 14.3 Å². The van der Waals surface area contributed by atoms with Crippen molar-refractivity contribution in [3.05, 3.63) is 76.8 Å². The van der Waals surface area contributed by atoms with E-state index >= 15 is 0 Å². The Morgan fingerprint density at radius 1 is 1.07 bits per heavy atom. The first-order valence-electron chi connectivity index (χ1n) is 9.47. The van der Waals surface area contributed by atoms with E-state index in [-0.39, 0.29) is 5.56 Å². The Kier molecular flexibility index (Phi) is 5.19. The Morgan fingerprint density at radius 3 is 2.61 bits per heavy atom. The average Bonchev–Trinajstić information content (AvgIpc) is 3.13. The number of nitrogens with zero attached hydrogens (tertiary/aromatic N) is 3. The number of hydrogen-bond donors (Lipinski definition) is 1. The predicted molar refractivity (Wildman–Crippen MR) is 110 cm³/mol. The molecule has 0 aliphatic carbocycles. The molecule has 4 rings (SSSR count). The van der Waals surface area contributed by atoms with Crippen LogP contribution in [0.4, 0.5) is 0 Å². The van der Waals surface area contributed by atoms with Gasteiger partial charge in [0.15, 0.2) is 11.2 Å². The monoisotopic (exact) mass is 374 g/mol. The first-order chi connectivity index (χ1) is 13.7. The second kappa shape index (κ2) is 8.08. The molecule has 0 unspecified atom stereocenters. The highest BCUT2D eigenvalue weighted by Crippen LogP contribution is 2.20. The molecule has 28 heavy (non-hydrogen) atoms. The van der Waals surface area contributed by atoms with Crippen LogP contribution in [0, 0.1) is 0 Å². The Morgan fingerprint density at radius 2 is 1.86 bits per heavy atom. The van der Waals surface area contributed by atoms with E-state index in [2.05, 4.69) is 21.9 Å². The van der Waals surface area contributed by atoms with Crippen LogP contribution in [0.3, 0.4) is 0 Å².